The third kappa shape index (κ3) is 4.48. The Kier molecular flexibility index (Phi) is 6.19. The van der Waals surface area contributed by atoms with Gasteiger partial charge in [0.05, 0.1) is 13.0 Å². The summed E-state index contributed by atoms with van der Waals surface area (Å²) in [6.45, 7) is 8.39. The molecule has 0 radical (unpaired) electrons. The van der Waals surface area contributed by atoms with Crippen LogP contribution in [-0.2, 0) is 16.1 Å². The molecule has 0 aliphatic heterocycles. The molecule has 0 amide bonds. The van der Waals surface area contributed by atoms with Crippen molar-refractivity contribution >= 4 is 5.97 Å². The van der Waals surface area contributed by atoms with Gasteiger partial charge in [-0.2, -0.15) is 0 Å². The quantitative estimate of drug-likeness (QED) is 0.546. The Balaban J connectivity index is 2.07. The molecule has 1 unspecified atom stereocenters. The van der Waals surface area contributed by atoms with Gasteiger partial charge in [-0.1, -0.05) is 42.0 Å². The Morgan fingerprint density at radius 2 is 1.88 bits per heavy atom. The molecule has 0 saturated heterocycles. The van der Waals surface area contributed by atoms with Crippen molar-refractivity contribution in [3.8, 4) is 5.75 Å². The van der Waals surface area contributed by atoms with E-state index in [1.807, 2.05) is 24.3 Å². The normalized spacial score (nSPS) is 11.6. The molecule has 0 spiro atoms. The number of carbonyl (C=O) groups excluding carboxylic acids is 1. The molecule has 3 nitrogen and oxygen atoms in total. The SMILES string of the molecule is C=CCC(C(=O)OC)c1ccc(OCc2cc(C)ccc2C)cc1. The first-order chi connectivity index (χ1) is 11.5. The fourth-order valence-electron chi connectivity index (χ4n) is 2.59. The zero-order valence-electron chi connectivity index (χ0n) is 14.5. The van der Waals surface area contributed by atoms with E-state index in [9.17, 15) is 4.79 Å². The summed E-state index contributed by atoms with van der Waals surface area (Å²) < 4.78 is 10.7. The largest absolute Gasteiger partial charge is 0.489 e. The fourth-order valence-corrected chi connectivity index (χ4v) is 2.59. The smallest absolute Gasteiger partial charge is 0.313 e. The molecule has 0 N–H and O–H groups in total. The molecule has 2 aromatic carbocycles. The lowest BCUT2D eigenvalue weighted by molar-refractivity contribution is -0.142. The molecule has 3 heteroatoms. The van der Waals surface area contributed by atoms with Gasteiger partial charge in [-0.15, -0.1) is 6.58 Å². The Hall–Kier alpha value is -2.55. The summed E-state index contributed by atoms with van der Waals surface area (Å²) >= 11 is 0. The van der Waals surface area contributed by atoms with Gasteiger partial charge in [0, 0.05) is 0 Å². The number of benzene rings is 2. The van der Waals surface area contributed by atoms with Gasteiger partial charge in [0.15, 0.2) is 0 Å². The average molecular weight is 324 g/mol. The van der Waals surface area contributed by atoms with Crippen molar-refractivity contribution < 1.29 is 14.3 Å². The second kappa shape index (κ2) is 8.34. The van der Waals surface area contributed by atoms with Crippen LogP contribution < -0.4 is 4.74 Å². The van der Waals surface area contributed by atoms with Crippen LogP contribution >= 0.6 is 0 Å². The highest BCUT2D eigenvalue weighted by molar-refractivity contribution is 5.78. The number of allylic oxidation sites excluding steroid dienone is 1. The Bertz CT molecular complexity index is 702. The number of ether oxygens (including phenoxy) is 2. The van der Waals surface area contributed by atoms with Gasteiger partial charge >= 0.3 is 5.97 Å². The van der Waals surface area contributed by atoms with Crippen LogP contribution in [0.15, 0.2) is 55.1 Å². The third-order valence-electron chi connectivity index (χ3n) is 4.07. The molecular formula is C21H24O3. The van der Waals surface area contributed by atoms with Gasteiger partial charge in [-0.05, 0) is 49.1 Å². The van der Waals surface area contributed by atoms with Gasteiger partial charge in [0.25, 0.3) is 0 Å². The first kappa shape index (κ1) is 17.8. The zero-order valence-corrected chi connectivity index (χ0v) is 14.5. The monoisotopic (exact) mass is 324 g/mol. The van der Waals surface area contributed by atoms with Crippen LogP contribution in [0, 0.1) is 13.8 Å². The minimum atomic E-state index is -0.319. The van der Waals surface area contributed by atoms with Crippen LogP contribution in [-0.4, -0.2) is 13.1 Å². The number of rotatable bonds is 7. The number of methoxy groups -OCH3 is 1. The summed E-state index contributed by atoms with van der Waals surface area (Å²) in [5, 5.41) is 0. The summed E-state index contributed by atoms with van der Waals surface area (Å²) in [7, 11) is 1.40. The zero-order chi connectivity index (χ0) is 17.5. The van der Waals surface area contributed by atoms with E-state index in [4.69, 9.17) is 9.47 Å². The number of hydrogen-bond acceptors (Lipinski definition) is 3. The first-order valence-electron chi connectivity index (χ1n) is 8.02. The van der Waals surface area contributed by atoms with Crippen LogP contribution in [0.2, 0.25) is 0 Å². The average Bonchev–Trinajstić information content (AvgIpc) is 2.60. The van der Waals surface area contributed by atoms with Crippen molar-refractivity contribution in [3.63, 3.8) is 0 Å². The van der Waals surface area contributed by atoms with E-state index in [1.165, 1.54) is 23.8 Å². The van der Waals surface area contributed by atoms with Crippen molar-refractivity contribution in [1.82, 2.24) is 0 Å². The fraction of sp³-hybridized carbons (Fsp3) is 0.286. The molecule has 0 fully saturated rings. The lowest BCUT2D eigenvalue weighted by Gasteiger charge is -2.14. The van der Waals surface area contributed by atoms with Crippen molar-refractivity contribution in [2.24, 2.45) is 0 Å². The van der Waals surface area contributed by atoms with Crippen LogP contribution in [0.1, 0.15) is 34.6 Å². The molecular weight excluding hydrogens is 300 g/mol. The minimum Gasteiger partial charge on any atom is -0.489 e. The molecule has 2 rings (SSSR count). The number of hydrogen-bond donors (Lipinski definition) is 0. The highest BCUT2D eigenvalue weighted by Gasteiger charge is 2.19. The topological polar surface area (TPSA) is 35.5 Å². The molecule has 2 aromatic rings. The Morgan fingerprint density at radius 1 is 1.17 bits per heavy atom. The van der Waals surface area contributed by atoms with E-state index in [1.54, 1.807) is 6.08 Å². The second-order valence-electron chi connectivity index (χ2n) is 5.89. The van der Waals surface area contributed by atoms with Gasteiger partial charge in [-0.3, -0.25) is 4.79 Å². The Morgan fingerprint density at radius 3 is 2.50 bits per heavy atom. The summed E-state index contributed by atoms with van der Waals surface area (Å²) in [4.78, 5) is 11.9. The lowest BCUT2D eigenvalue weighted by Crippen LogP contribution is -2.13. The second-order valence-corrected chi connectivity index (χ2v) is 5.89. The summed E-state index contributed by atoms with van der Waals surface area (Å²) in [5.74, 6) is 0.210. The van der Waals surface area contributed by atoms with E-state index in [-0.39, 0.29) is 11.9 Å². The van der Waals surface area contributed by atoms with Gasteiger partial charge < -0.3 is 9.47 Å². The van der Waals surface area contributed by atoms with Crippen LogP contribution in [0.25, 0.3) is 0 Å². The van der Waals surface area contributed by atoms with Crippen molar-refractivity contribution in [1.29, 1.82) is 0 Å². The Labute approximate surface area is 143 Å². The molecule has 0 heterocycles. The maximum Gasteiger partial charge on any atom is 0.313 e. The maximum atomic E-state index is 11.9. The van der Waals surface area contributed by atoms with E-state index in [0.29, 0.717) is 13.0 Å². The number of esters is 1. The van der Waals surface area contributed by atoms with E-state index in [0.717, 1.165) is 11.3 Å². The molecule has 0 aromatic heterocycles. The van der Waals surface area contributed by atoms with Gasteiger partial charge in [0.2, 0.25) is 0 Å². The molecule has 0 bridgehead atoms. The summed E-state index contributed by atoms with van der Waals surface area (Å²) in [6.07, 6.45) is 2.28. The van der Waals surface area contributed by atoms with Crippen LogP contribution in [0.3, 0.4) is 0 Å². The van der Waals surface area contributed by atoms with Crippen LogP contribution in [0.5, 0.6) is 5.75 Å². The minimum absolute atomic E-state index is 0.251. The van der Waals surface area contributed by atoms with Crippen molar-refractivity contribution in [2.75, 3.05) is 7.11 Å². The summed E-state index contributed by atoms with van der Waals surface area (Å²) in [5.41, 5.74) is 4.52. The maximum absolute atomic E-state index is 11.9. The van der Waals surface area contributed by atoms with Crippen molar-refractivity contribution in [2.45, 2.75) is 32.8 Å². The predicted octanol–water partition coefficient (Wildman–Crippen LogP) is 4.72. The highest BCUT2D eigenvalue weighted by atomic mass is 16.5. The molecule has 0 saturated carbocycles. The third-order valence-corrected chi connectivity index (χ3v) is 4.07. The van der Waals surface area contributed by atoms with Crippen molar-refractivity contribution in [3.05, 3.63) is 77.4 Å². The molecule has 126 valence electrons. The molecule has 1 atom stereocenters. The standard InChI is InChI=1S/C21H24O3/c1-5-6-20(21(22)23-4)17-9-11-19(12-10-17)24-14-18-13-15(2)7-8-16(18)3/h5,7-13,20H,1,6,14H2,2-4H3. The van der Waals surface area contributed by atoms with Gasteiger partial charge in [-0.25, -0.2) is 0 Å². The van der Waals surface area contributed by atoms with Gasteiger partial charge in [0.1, 0.15) is 12.4 Å². The number of carbonyl (C=O) groups is 1. The highest BCUT2D eigenvalue weighted by Crippen LogP contribution is 2.24. The molecule has 0 aliphatic carbocycles. The van der Waals surface area contributed by atoms with E-state index >= 15 is 0 Å². The first-order valence-corrected chi connectivity index (χ1v) is 8.02. The molecule has 24 heavy (non-hydrogen) atoms. The van der Waals surface area contributed by atoms with E-state index in [2.05, 4.69) is 38.6 Å². The number of aryl methyl sites for hydroxylation is 2. The lowest BCUT2D eigenvalue weighted by atomic mass is 9.96. The van der Waals surface area contributed by atoms with Crippen LogP contribution in [0.4, 0.5) is 0 Å². The van der Waals surface area contributed by atoms with E-state index < -0.39 is 0 Å². The molecule has 0 aliphatic rings. The predicted molar refractivity (Wildman–Crippen MR) is 96.3 cm³/mol. The summed E-state index contributed by atoms with van der Waals surface area (Å²) in [6, 6.07) is 13.9.